The van der Waals surface area contributed by atoms with Gasteiger partial charge in [-0.1, -0.05) is 35.9 Å². The van der Waals surface area contributed by atoms with Gasteiger partial charge in [0.05, 0.1) is 17.4 Å². The van der Waals surface area contributed by atoms with Crippen molar-refractivity contribution in [3.63, 3.8) is 0 Å². The second-order valence-electron chi connectivity index (χ2n) is 6.62. The van der Waals surface area contributed by atoms with Gasteiger partial charge in [-0.25, -0.2) is 4.90 Å². The number of imide groups is 1. The van der Waals surface area contributed by atoms with Crippen molar-refractivity contribution in [2.45, 2.75) is 33.8 Å². The number of nitrogens with zero attached hydrogens (tertiary/aromatic N) is 1. The van der Waals surface area contributed by atoms with E-state index < -0.39 is 11.8 Å². The Balaban J connectivity index is 1.98. The van der Waals surface area contributed by atoms with E-state index in [2.05, 4.69) is 0 Å². The van der Waals surface area contributed by atoms with E-state index in [-0.39, 0.29) is 16.7 Å². The Bertz CT molecular complexity index is 913. The molecule has 0 spiro atoms. The van der Waals surface area contributed by atoms with Crippen LogP contribution in [-0.2, 0) is 9.59 Å². The van der Waals surface area contributed by atoms with Crippen LogP contribution < -0.4 is 9.64 Å². The number of hydrogen-bond acceptors (Lipinski definition) is 3. The molecule has 0 atom stereocenters. The maximum absolute atomic E-state index is 13.0. The van der Waals surface area contributed by atoms with Crippen LogP contribution in [-0.4, -0.2) is 17.9 Å². The Morgan fingerprint density at radius 3 is 2.23 bits per heavy atom. The summed E-state index contributed by atoms with van der Waals surface area (Å²) in [5.41, 5.74) is 3.17. The SMILES string of the molecule is Cc1ccc(C)c(N2C(=O)C(Cl)=C(c3ccc(OC(C)C)cc3)C2=O)c1. The molecule has 2 aromatic carbocycles. The van der Waals surface area contributed by atoms with Gasteiger partial charge in [-0.3, -0.25) is 9.59 Å². The quantitative estimate of drug-likeness (QED) is 0.739. The molecule has 0 fully saturated rings. The molecule has 2 aromatic rings. The predicted molar refractivity (Wildman–Crippen MR) is 103 cm³/mol. The van der Waals surface area contributed by atoms with Gasteiger partial charge in [-0.15, -0.1) is 0 Å². The molecule has 134 valence electrons. The first-order chi connectivity index (χ1) is 12.3. The van der Waals surface area contributed by atoms with Crippen molar-refractivity contribution in [3.8, 4) is 5.75 Å². The highest BCUT2D eigenvalue weighted by Gasteiger charge is 2.39. The molecule has 1 aliphatic rings. The highest BCUT2D eigenvalue weighted by atomic mass is 35.5. The van der Waals surface area contributed by atoms with Gasteiger partial charge in [0.2, 0.25) is 0 Å². The maximum Gasteiger partial charge on any atom is 0.277 e. The lowest BCUT2D eigenvalue weighted by atomic mass is 10.1. The fourth-order valence-corrected chi connectivity index (χ4v) is 3.18. The lowest BCUT2D eigenvalue weighted by molar-refractivity contribution is -0.119. The topological polar surface area (TPSA) is 46.6 Å². The van der Waals surface area contributed by atoms with E-state index in [1.807, 2.05) is 45.9 Å². The lowest BCUT2D eigenvalue weighted by Gasteiger charge is -2.18. The molecule has 5 heteroatoms. The van der Waals surface area contributed by atoms with E-state index in [1.165, 1.54) is 0 Å². The highest BCUT2D eigenvalue weighted by Crippen LogP contribution is 2.36. The molecule has 0 radical (unpaired) electrons. The monoisotopic (exact) mass is 369 g/mol. The summed E-state index contributed by atoms with van der Waals surface area (Å²) in [7, 11) is 0. The summed E-state index contributed by atoms with van der Waals surface area (Å²) in [6, 6.07) is 12.7. The molecular weight excluding hydrogens is 350 g/mol. The van der Waals surface area contributed by atoms with Gasteiger partial charge in [-0.05, 0) is 62.6 Å². The summed E-state index contributed by atoms with van der Waals surface area (Å²) in [5.74, 6) is -0.210. The number of ether oxygens (including phenoxy) is 1. The van der Waals surface area contributed by atoms with Gasteiger partial charge in [0.15, 0.2) is 0 Å². The number of benzene rings is 2. The van der Waals surface area contributed by atoms with Crippen LogP contribution in [0.15, 0.2) is 47.5 Å². The molecule has 1 aliphatic heterocycles. The zero-order chi connectivity index (χ0) is 19.0. The van der Waals surface area contributed by atoms with E-state index >= 15 is 0 Å². The summed E-state index contributed by atoms with van der Waals surface area (Å²) in [6.07, 6.45) is 0.0538. The first kappa shape index (κ1) is 18.2. The smallest absolute Gasteiger partial charge is 0.277 e. The normalized spacial score (nSPS) is 14.6. The fourth-order valence-electron chi connectivity index (χ4n) is 2.90. The lowest BCUT2D eigenvalue weighted by Crippen LogP contribution is -2.31. The van der Waals surface area contributed by atoms with Gasteiger partial charge >= 0.3 is 0 Å². The van der Waals surface area contributed by atoms with Crippen LogP contribution in [0.2, 0.25) is 0 Å². The molecule has 0 aliphatic carbocycles. The largest absolute Gasteiger partial charge is 0.491 e. The number of carbonyl (C=O) groups is 2. The van der Waals surface area contributed by atoms with E-state index in [0.29, 0.717) is 17.0 Å². The van der Waals surface area contributed by atoms with Crippen LogP contribution in [0.1, 0.15) is 30.5 Å². The second kappa shape index (κ2) is 6.96. The number of carbonyl (C=O) groups excluding carboxylic acids is 2. The summed E-state index contributed by atoms with van der Waals surface area (Å²) in [4.78, 5) is 26.8. The van der Waals surface area contributed by atoms with E-state index in [1.54, 1.807) is 24.3 Å². The number of halogens is 1. The summed E-state index contributed by atoms with van der Waals surface area (Å²) in [6.45, 7) is 7.65. The Kier molecular flexibility index (Phi) is 4.88. The van der Waals surface area contributed by atoms with Crippen LogP contribution in [0, 0.1) is 13.8 Å². The van der Waals surface area contributed by atoms with Crippen molar-refractivity contribution < 1.29 is 14.3 Å². The molecule has 1 heterocycles. The zero-order valence-corrected chi connectivity index (χ0v) is 15.9. The minimum Gasteiger partial charge on any atom is -0.491 e. The van der Waals surface area contributed by atoms with Gasteiger partial charge in [0.25, 0.3) is 11.8 Å². The summed E-state index contributed by atoms with van der Waals surface area (Å²) < 4.78 is 5.61. The van der Waals surface area contributed by atoms with Gasteiger partial charge in [-0.2, -0.15) is 0 Å². The molecule has 4 nitrogen and oxygen atoms in total. The molecule has 3 rings (SSSR count). The third-order valence-corrected chi connectivity index (χ3v) is 4.50. The maximum atomic E-state index is 13.0. The third-order valence-electron chi connectivity index (χ3n) is 4.15. The number of aryl methyl sites for hydroxylation is 2. The van der Waals surface area contributed by atoms with E-state index in [9.17, 15) is 9.59 Å². The van der Waals surface area contributed by atoms with Crippen molar-refractivity contribution in [1.82, 2.24) is 0 Å². The third kappa shape index (κ3) is 3.25. The molecule has 26 heavy (non-hydrogen) atoms. The Labute approximate surface area is 158 Å². The zero-order valence-electron chi connectivity index (χ0n) is 15.2. The first-order valence-electron chi connectivity index (χ1n) is 8.42. The minimum absolute atomic E-state index is 0.0538. The van der Waals surface area contributed by atoms with Crippen molar-refractivity contribution in [2.75, 3.05) is 4.90 Å². The van der Waals surface area contributed by atoms with Gasteiger partial charge in [0.1, 0.15) is 10.8 Å². The summed E-state index contributed by atoms with van der Waals surface area (Å²) in [5, 5.41) is -0.0616. The highest BCUT2D eigenvalue weighted by molar-refractivity contribution is 6.60. The molecule has 0 aromatic heterocycles. The second-order valence-corrected chi connectivity index (χ2v) is 6.99. The molecule has 0 saturated heterocycles. The molecule has 2 amide bonds. The average Bonchev–Trinajstić information content (AvgIpc) is 2.80. The minimum atomic E-state index is -0.497. The number of hydrogen-bond donors (Lipinski definition) is 0. The molecule has 0 bridgehead atoms. The first-order valence-corrected chi connectivity index (χ1v) is 8.80. The van der Waals surface area contributed by atoms with Crippen molar-refractivity contribution in [2.24, 2.45) is 0 Å². The van der Waals surface area contributed by atoms with Gasteiger partial charge < -0.3 is 4.74 Å². The molecule has 0 saturated carbocycles. The average molecular weight is 370 g/mol. The fraction of sp³-hybridized carbons (Fsp3) is 0.238. The molecule has 0 N–H and O–H groups in total. The number of rotatable bonds is 4. The Hall–Kier alpha value is -2.59. The van der Waals surface area contributed by atoms with Crippen molar-refractivity contribution in [1.29, 1.82) is 0 Å². The van der Waals surface area contributed by atoms with Crippen molar-refractivity contribution >= 4 is 34.7 Å². The summed E-state index contributed by atoms with van der Waals surface area (Å²) >= 11 is 6.26. The van der Waals surface area contributed by atoms with Crippen LogP contribution in [0.3, 0.4) is 0 Å². The van der Waals surface area contributed by atoms with E-state index in [4.69, 9.17) is 16.3 Å². The van der Waals surface area contributed by atoms with E-state index in [0.717, 1.165) is 16.0 Å². The Morgan fingerprint density at radius 1 is 0.962 bits per heavy atom. The van der Waals surface area contributed by atoms with Crippen LogP contribution in [0.25, 0.3) is 5.57 Å². The number of anilines is 1. The van der Waals surface area contributed by atoms with Crippen LogP contribution in [0.4, 0.5) is 5.69 Å². The standard InChI is InChI=1S/C21H20ClNO3/c1-12(2)26-16-9-7-15(8-10-16)18-19(22)21(25)23(20(18)24)17-11-13(3)5-6-14(17)4/h5-12H,1-4H3. The predicted octanol–water partition coefficient (Wildman–Crippen LogP) is 4.61. The molecule has 0 unspecified atom stereocenters. The van der Waals surface area contributed by atoms with Crippen LogP contribution in [0.5, 0.6) is 5.75 Å². The Morgan fingerprint density at radius 2 is 1.62 bits per heavy atom. The van der Waals surface area contributed by atoms with Crippen LogP contribution >= 0.6 is 11.6 Å². The number of amides is 2. The van der Waals surface area contributed by atoms with Gasteiger partial charge in [0, 0.05) is 0 Å². The molecular formula is C21H20ClNO3. The van der Waals surface area contributed by atoms with Crippen molar-refractivity contribution in [3.05, 3.63) is 64.2 Å².